The van der Waals surface area contributed by atoms with Gasteiger partial charge in [-0.05, 0) is 18.1 Å². The highest BCUT2D eigenvalue weighted by Gasteiger charge is 2.31. The van der Waals surface area contributed by atoms with Gasteiger partial charge < -0.3 is 9.88 Å². The van der Waals surface area contributed by atoms with Gasteiger partial charge in [-0.3, -0.25) is 4.79 Å². The van der Waals surface area contributed by atoms with Crippen LogP contribution in [0.2, 0.25) is 0 Å². The Morgan fingerprint density at radius 2 is 1.78 bits per heavy atom. The summed E-state index contributed by atoms with van der Waals surface area (Å²) in [4.78, 5) is 17.6. The molecule has 1 N–H and O–H groups in total. The van der Waals surface area contributed by atoms with E-state index in [-0.39, 0.29) is 5.91 Å². The number of aromatic amines is 1. The van der Waals surface area contributed by atoms with Gasteiger partial charge in [-0.1, -0.05) is 32.0 Å². The maximum absolute atomic E-state index is 12.6. The molecule has 1 aliphatic rings. The third-order valence-electron chi connectivity index (χ3n) is 5.23. The number of para-hydroxylation sites is 1. The molecule has 1 aromatic carbocycles. The van der Waals surface area contributed by atoms with Crippen LogP contribution in [0.25, 0.3) is 10.9 Å². The third kappa shape index (κ3) is 4.17. The smallest absolute Gasteiger partial charge is 0.282 e. The third-order valence-corrected chi connectivity index (χ3v) is 7.42. The molecule has 27 heavy (non-hydrogen) atoms. The van der Waals surface area contributed by atoms with Crippen LogP contribution in [0.1, 0.15) is 25.8 Å². The topological polar surface area (TPSA) is 76.7 Å². The van der Waals surface area contributed by atoms with Gasteiger partial charge in [0.2, 0.25) is 5.91 Å². The summed E-state index contributed by atoms with van der Waals surface area (Å²) >= 11 is 0. The first-order chi connectivity index (χ1) is 13.0. The predicted octanol–water partition coefficient (Wildman–Crippen LogP) is 1.83. The Hall–Kier alpha value is -1.90. The van der Waals surface area contributed by atoms with Gasteiger partial charge in [0.25, 0.3) is 10.2 Å². The van der Waals surface area contributed by atoms with Crippen molar-refractivity contribution in [3.05, 3.63) is 36.0 Å². The maximum Gasteiger partial charge on any atom is 0.282 e. The van der Waals surface area contributed by atoms with Gasteiger partial charge in [-0.25, -0.2) is 0 Å². The number of amides is 1. The summed E-state index contributed by atoms with van der Waals surface area (Å²) in [5, 5.41) is 1.15. The number of aryl methyl sites for hydroxylation is 1. The Morgan fingerprint density at radius 1 is 1.11 bits per heavy atom. The van der Waals surface area contributed by atoms with E-state index < -0.39 is 10.2 Å². The van der Waals surface area contributed by atoms with Crippen LogP contribution in [0.15, 0.2) is 30.5 Å². The van der Waals surface area contributed by atoms with Crippen LogP contribution in [0.3, 0.4) is 0 Å². The molecule has 2 aromatic rings. The number of piperazine rings is 1. The monoisotopic (exact) mass is 392 g/mol. The highest BCUT2D eigenvalue weighted by atomic mass is 32.2. The van der Waals surface area contributed by atoms with Crippen LogP contribution in [0.4, 0.5) is 0 Å². The summed E-state index contributed by atoms with van der Waals surface area (Å²) in [6.07, 6.45) is 3.08. The number of benzene rings is 1. The predicted molar refractivity (Wildman–Crippen MR) is 107 cm³/mol. The summed E-state index contributed by atoms with van der Waals surface area (Å²) < 4.78 is 28.1. The minimum atomic E-state index is -3.42. The van der Waals surface area contributed by atoms with Crippen molar-refractivity contribution in [2.45, 2.75) is 26.7 Å². The second-order valence-corrected chi connectivity index (χ2v) is 8.66. The summed E-state index contributed by atoms with van der Waals surface area (Å²) in [6, 6.07) is 8.06. The van der Waals surface area contributed by atoms with Crippen LogP contribution in [0, 0.1) is 0 Å². The van der Waals surface area contributed by atoms with Crippen molar-refractivity contribution in [1.82, 2.24) is 18.5 Å². The molecule has 0 atom stereocenters. The Kier molecular flexibility index (Phi) is 6.18. The van der Waals surface area contributed by atoms with E-state index >= 15 is 0 Å². The zero-order chi connectivity index (χ0) is 19.4. The lowest BCUT2D eigenvalue weighted by atomic mass is 10.1. The molecule has 1 aliphatic heterocycles. The average Bonchev–Trinajstić information content (AvgIpc) is 3.10. The van der Waals surface area contributed by atoms with Crippen molar-refractivity contribution >= 4 is 27.0 Å². The molecule has 0 aliphatic carbocycles. The van der Waals surface area contributed by atoms with Gasteiger partial charge in [-0.2, -0.15) is 17.0 Å². The first-order valence-electron chi connectivity index (χ1n) is 9.55. The van der Waals surface area contributed by atoms with Crippen LogP contribution < -0.4 is 0 Å². The molecule has 1 saturated heterocycles. The van der Waals surface area contributed by atoms with E-state index in [4.69, 9.17) is 0 Å². The molecule has 1 fully saturated rings. The number of carbonyl (C=O) groups excluding carboxylic acids is 1. The summed E-state index contributed by atoms with van der Waals surface area (Å²) in [5.74, 6) is 0.0835. The van der Waals surface area contributed by atoms with Gasteiger partial charge in [0.15, 0.2) is 0 Å². The number of nitrogens with one attached hydrogen (secondary N) is 1. The van der Waals surface area contributed by atoms with Gasteiger partial charge in [0.05, 0.1) is 0 Å². The normalized spacial score (nSPS) is 16.3. The van der Waals surface area contributed by atoms with Crippen LogP contribution in [-0.4, -0.2) is 72.1 Å². The Morgan fingerprint density at radius 3 is 2.44 bits per heavy atom. The van der Waals surface area contributed by atoms with Crippen LogP contribution >= 0.6 is 0 Å². The maximum atomic E-state index is 12.6. The largest absolute Gasteiger partial charge is 0.361 e. The average molecular weight is 393 g/mol. The molecule has 3 rings (SSSR count). The zero-order valence-electron chi connectivity index (χ0n) is 16.0. The number of hydrogen-bond donors (Lipinski definition) is 1. The molecule has 0 bridgehead atoms. The molecule has 7 nitrogen and oxygen atoms in total. The number of fused-ring (bicyclic) bond motifs is 1. The van der Waals surface area contributed by atoms with Crippen LogP contribution in [0.5, 0.6) is 0 Å². The summed E-state index contributed by atoms with van der Waals surface area (Å²) in [7, 11) is -3.42. The van der Waals surface area contributed by atoms with E-state index in [0.717, 1.165) is 16.5 Å². The van der Waals surface area contributed by atoms with Gasteiger partial charge in [0, 0.05) is 62.8 Å². The fourth-order valence-electron chi connectivity index (χ4n) is 3.62. The summed E-state index contributed by atoms with van der Waals surface area (Å²) in [5.41, 5.74) is 2.22. The number of H-pyrrole nitrogens is 1. The van der Waals surface area contributed by atoms with E-state index in [1.165, 1.54) is 8.61 Å². The SMILES string of the molecule is CCN(CC)S(=O)(=O)N1CCN(C(=O)CCc2c[nH]c3ccccc23)CC1. The number of rotatable bonds is 7. The number of aromatic nitrogens is 1. The number of hydrogen-bond acceptors (Lipinski definition) is 3. The molecular weight excluding hydrogens is 364 g/mol. The molecule has 0 radical (unpaired) electrons. The van der Waals surface area contributed by atoms with E-state index in [1.54, 1.807) is 4.90 Å². The molecule has 1 amide bonds. The Labute approximate surface area is 161 Å². The number of nitrogens with zero attached hydrogens (tertiary/aromatic N) is 3. The minimum Gasteiger partial charge on any atom is -0.361 e. The van der Waals surface area contributed by atoms with Crippen molar-refractivity contribution in [3.8, 4) is 0 Å². The molecular formula is C19H28N4O3S. The highest BCUT2D eigenvalue weighted by Crippen LogP contribution is 2.20. The lowest BCUT2D eigenvalue weighted by Gasteiger charge is -2.36. The van der Waals surface area contributed by atoms with E-state index in [2.05, 4.69) is 11.1 Å². The first kappa shape index (κ1) is 19.9. The second-order valence-electron chi connectivity index (χ2n) is 6.73. The van der Waals surface area contributed by atoms with Crippen molar-refractivity contribution < 1.29 is 13.2 Å². The fourth-order valence-corrected chi connectivity index (χ4v) is 5.22. The Bertz CT molecular complexity index is 881. The summed E-state index contributed by atoms with van der Waals surface area (Å²) in [6.45, 7) is 6.22. The van der Waals surface area contributed by atoms with E-state index in [1.807, 2.05) is 38.2 Å². The van der Waals surface area contributed by atoms with E-state index in [9.17, 15) is 13.2 Å². The lowest BCUT2D eigenvalue weighted by Crippen LogP contribution is -2.54. The van der Waals surface area contributed by atoms with Crippen molar-refractivity contribution in [1.29, 1.82) is 0 Å². The highest BCUT2D eigenvalue weighted by molar-refractivity contribution is 7.86. The Balaban J connectivity index is 1.54. The lowest BCUT2D eigenvalue weighted by molar-refractivity contribution is -0.132. The molecule has 148 valence electrons. The number of carbonyl (C=O) groups is 1. The minimum absolute atomic E-state index is 0.0835. The fraction of sp³-hybridized carbons (Fsp3) is 0.526. The molecule has 0 saturated carbocycles. The zero-order valence-corrected chi connectivity index (χ0v) is 16.8. The molecule has 0 spiro atoms. The standard InChI is InChI=1S/C19H28N4O3S/c1-3-22(4-2)27(25,26)23-13-11-21(12-14-23)19(24)10-9-16-15-20-18-8-6-5-7-17(16)18/h5-8,15,20H,3-4,9-14H2,1-2H3. The molecule has 1 aromatic heterocycles. The first-order valence-corrected chi connectivity index (χ1v) is 10.9. The van der Waals surface area contributed by atoms with Crippen LogP contribution in [-0.2, 0) is 21.4 Å². The van der Waals surface area contributed by atoms with Gasteiger partial charge in [0.1, 0.15) is 0 Å². The van der Waals surface area contributed by atoms with Crippen molar-refractivity contribution in [2.75, 3.05) is 39.3 Å². The van der Waals surface area contributed by atoms with Gasteiger partial charge >= 0.3 is 0 Å². The van der Waals surface area contributed by atoms with Crippen molar-refractivity contribution in [3.63, 3.8) is 0 Å². The quantitative estimate of drug-likeness (QED) is 0.781. The second kappa shape index (κ2) is 8.41. The molecule has 8 heteroatoms. The molecule has 2 heterocycles. The van der Waals surface area contributed by atoms with E-state index in [0.29, 0.717) is 52.1 Å². The van der Waals surface area contributed by atoms with Gasteiger partial charge in [-0.15, -0.1) is 0 Å². The molecule has 0 unspecified atom stereocenters. The van der Waals surface area contributed by atoms with Crippen molar-refractivity contribution in [2.24, 2.45) is 0 Å².